The summed E-state index contributed by atoms with van der Waals surface area (Å²) in [6.07, 6.45) is 0.293. The van der Waals surface area contributed by atoms with Crippen molar-refractivity contribution in [1.82, 2.24) is 4.90 Å². The van der Waals surface area contributed by atoms with Gasteiger partial charge in [0.25, 0.3) is 0 Å². The number of carbonyl (C=O) groups is 2. The van der Waals surface area contributed by atoms with E-state index in [9.17, 15) is 9.59 Å². The van der Waals surface area contributed by atoms with Crippen molar-refractivity contribution in [2.45, 2.75) is 13.3 Å². The third-order valence-corrected chi connectivity index (χ3v) is 3.10. The van der Waals surface area contributed by atoms with Crippen molar-refractivity contribution in [2.24, 2.45) is 5.92 Å². The maximum absolute atomic E-state index is 12.0. The van der Waals surface area contributed by atoms with Crippen LogP contribution >= 0.6 is 11.6 Å². The molecule has 0 aliphatic carbocycles. The molecule has 0 bridgehead atoms. The maximum Gasteiger partial charge on any atom is 0.310 e. The Labute approximate surface area is 118 Å². The number of amides is 1. The molecule has 0 aliphatic rings. The number of esters is 1. The largest absolute Gasteiger partial charge is 0.469 e. The monoisotopic (exact) mass is 283 g/mol. The van der Waals surface area contributed by atoms with Crippen LogP contribution in [0.3, 0.4) is 0 Å². The molecule has 0 fully saturated rings. The van der Waals surface area contributed by atoms with Gasteiger partial charge in [-0.1, -0.05) is 30.7 Å². The van der Waals surface area contributed by atoms with Gasteiger partial charge in [0.2, 0.25) is 5.91 Å². The molecular formula is C14H18ClNO3. The minimum atomic E-state index is -0.329. The normalized spacial score (nSPS) is 11.8. The average molecular weight is 284 g/mol. The number of halogens is 1. The number of nitrogens with zero attached hydrogens (tertiary/aromatic N) is 1. The van der Waals surface area contributed by atoms with E-state index in [0.29, 0.717) is 18.0 Å². The molecule has 19 heavy (non-hydrogen) atoms. The van der Waals surface area contributed by atoms with Gasteiger partial charge in [0.1, 0.15) is 0 Å². The highest BCUT2D eigenvalue weighted by molar-refractivity contribution is 6.30. The second-order valence-corrected chi connectivity index (χ2v) is 4.94. The summed E-state index contributed by atoms with van der Waals surface area (Å²) >= 11 is 5.78. The molecule has 0 radical (unpaired) electrons. The molecule has 1 amide bonds. The van der Waals surface area contributed by atoms with Gasteiger partial charge in [0.05, 0.1) is 19.4 Å². The predicted octanol–water partition coefficient (Wildman–Crippen LogP) is 2.15. The molecule has 0 heterocycles. The number of benzene rings is 1. The van der Waals surface area contributed by atoms with Gasteiger partial charge >= 0.3 is 5.97 Å². The molecule has 1 rings (SSSR count). The minimum absolute atomic E-state index is 0.0434. The minimum Gasteiger partial charge on any atom is -0.469 e. The Bertz CT molecular complexity index is 445. The van der Waals surface area contributed by atoms with Crippen LogP contribution in [-0.4, -0.2) is 37.5 Å². The van der Waals surface area contributed by atoms with Crippen LogP contribution in [-0.2, 0) is 20.7 Å². The van der Waals surface area contributed by atoms with E-state index in [1.807, 2.05) is 12.1 Å². The molecule has 0 aromatic heterocycles. The first-order valence-electron chi connectivity index (χ1n) is 6.00. The summed E-state index contributed by atoms with van der Waals surface area (Å²) in [5.41, 5.74) is 0.895. The Hall–Kier alpha value is -1.55. The fourth-order valence-corrected chi connectivity index (χ4v) is 1.83. The second-order valence-electron chi connectivity index (χ2n) is 4.50. The predicted molar refractivity (Wildman–Crippen MR) is 74.0 cm³/mol. The molecule has 5 heteroatoms. The first kappa shape index (κ1) is 15.5. The Morgan fingerprint density at radius 2 is 1.89 bits per heavy atom. The van der Waals surface area contributed by atoms with Crippen LogP contribution in [0.1, 0.15) is 12.5 Å². The van der Waals surface area contributed by atoms with Crippen LogP contribution in [0.5, 0.6) is 0 Å². The summed E-state index contributed by atoms with van der Waals surface area (Å²) in [4.78, 5) is 24.8. The lowest BCUT2D eigenvalue weighted by molar-refractivity contribution is -0.146. The van der Waals surface area contributed by atoms with Crippen LogP contribution in [0, 0.1) is 5.92 Å². The number of rotatable bonds is 5. The lowest BCUT2D eigenvalue weighted by Gasteiger charge is -2.20. The summed E-state index contributed by atoms with van der Waals surface area (Å²) in [7, 11) is 3.02. The van der Waals surface area contributed by atoms with Gasteiger partial charge in [-0.2, -0.15) is 0 Å². The van der Waals surface area contributed by atoms with Crippen molar-refractivity contribution in [3.8, 4) is 0 Å². The summed E-state index contributed by atoms with van der Waals surface area (Å²) in [5, 5.41) is 0.642. The molecule has 0 aliphatic heterocycles. The Morgan fingerprint density at radius 1 is 1.32 bits per heavy atom. The van der Waals surface area contributed by atoms with Gasteiger partial charge in [-0.3, -0.25) is 9.59 Å². The van der Waals surface area contributed by atoms with E-state index in [1.54, 1.807) is 26.1 Å². The average Bonchev–Trinajstić information content (AvgIpc) is 2.40. The molecule has 4 nitrogen and oxygen atoms in total. The molecule has 0 N–H and O–H groups in total. The third-order valence-electron chi connectivity index (χ3n) is 2.85. The van der Waals surface area contributed by atoms with Crippen molar-refractivity contribution in [3.63, 3.8) is 0 Å². The maximum atomic E-state index is 12.0. The standard InChI is InChI=1S/C14H18ClNO3/c1-10(14(18)19-3)9-16(2)13(17)8-11-4-6-12(15)7-5-11/h4-7,10H,8-9H2,1-3H3. The highest BCUT2D eigenvalue weighted by atomic mass is 35.5. The van der Waals surface area contributed by atoms with Crippen LogP contribution < -0.4 is 0 Å². The summed E-state index contributed by atoms with van der Waals surface area (Å²) in [6.45, 7) is 2.08. The lowest BCUT2D eigenvalue weighted by atomic mass is 10.1. The van der Waals surface area contributed by atoms with Gasteiger partial charge in [0, 0.05) is 18.6 Å². The van der Waals surface area contributed by atoms with Crippen LogP contribution in [0.4, 0.5) is 0 Å². The zero-order chi connectivity index (χ0) is 14.4. The Morgan fingerprint density at radius 3 is 2.42 bits per heavy atom. The second kappa shape index (κ2) is 7.14. The number of carbonyl (C=O) groups excluding carboxylic acids is 2. The fraction of sp³-hybridized carbons (Fsp3) is 0.429. The third kappa shape index (κ3) is 4.91. The van der Waals surface area contributed by atoms with Gasteiger partial charge < -0.3 is 9.64 Å². The van der Waals surface area contributed by atoms with E-state index >= 15 is 0 Å². The van der Waals surface area contributed by atoms with Crippen LogP contribution in [0.15, 0.2) is 24.3 Å². The first-order chi connectivity index (χ1) is 8.93. The van der Waals surface area contributed by atoms with Crippen LogP contribution in [0.2, 0.25) is 5.02 Å². The van der Waals surface area contributed by atoms with E-state index < -0.39 is 0 Å². The van der Waals surface area contributed by atoms with E-state index in [1.165, 1.54) is 12.0 Å². The SMILES string of the molecule is COC(=O)C(C)CN(C)C(=O)Cc1ccc(Cl)cc1. The van der Waals surface area contributed by atoms with Crippen LogP contribution in [0.25, 0.3) is 0 Å². The number of ether oxygens (including phenoxy) is 1. The highest BCUT2D eigenvalue weighted by Crippen LogP contribution is 2.11. The van der Waals surface area contributed by atoms with Crippen molar-refractivity contribution in [2.75, 3.05) is 20.7 Å². The Kier molecular flexibility index (Phi) is 5.83. The number of hydrogen-bond donors (Lipinski definition) is 0. The quantitative estimate of drug-likeness (QED) is 0.778. The van der Waals surface area contributed by atoms with Crippen molar-refractivity contribution >= 4 is 23.5 Å². The molecule has 1 unspecified atom stereocenters. The zero-order valence-corrected chi connectivity index (χ0v) is 12.1. The molecule has 0 spiro atoms. The summed E-state index contributed by atoms with van der Waals surface area (Å²) in [6, 6.07) is 7.14. The topological polar surface area (TPSA) is 46.6 Å². The number of methoxy groups -OCH3 is 1. The lowest BCUT2D eigenvalue weighted by Crippen LogP contribution is -2.35. The van der Waals surface area contributed by atoms with Gasteiger partial charge in [-0.25, -0.2) is 0 Å². The van der Waals surface area contributed by atoms with Crippen molar-refractivity contribution < 1.29 is 14.3 Å². The molecule has 0 saturated heterocycles. The summed E-state index contributed by atoms with van der Waals surface area (Å²) < 4.78 is 4.63. The molecule has 104 valence electrons. The van der Waals surface area contributed by atoms with E-state index in [0.717, 1.165) is 5.56 Å². The van der Waals surface area contributed by atoms with Gasteiger partial charge in [-0.05, 0) is 17.7 Å². The summed E-state index contributed by atoms with van der Waals surface area (Å²) in [5.74, 6) is -0.687. The van der Waals surface area contributed by atoms with E-state index in [2.05, 4.69) is 4.74 Å². The van der Waals surface area contributed by atoms with Gasteiger partial charge in [-0.15, -0.1) is 0 Å². The highest BCUT2D eigenvalue weighted by Gasteiger charge is 2.18. The smallest absolute Gasteiger partial charge is 0.310 e. The molecular weight excluding hydrogens is 266 g/mol. The zero-order valence-electron chi connectivity index (χ0n) is 11.4. The van der Waals surface area contributed by atoms with E-state index in [-0.39, 0.29) is 17.8 Å². The molecule has 1 aromatic carbocycles. The number of hydrogen-bond acceptors (Lipinski definition) is 3. The molecule has 1 aromatic rings. The molecule has 0 saturated carbocycles. The van der Waals surface area contributed by atoms with Crippen molar-refractivity contribution in [3.05, 3.63) is 34.9 Å². The van der Waals surface area contributed by atoms with Gasteiger partial charge in [0.15, 0.2) is 0 Å². The number of likely N-dealkylation sites (N-methyl/N-ethyl adjacent to an activating group) is 1. The first-order valence-corrected chi connectivity index (χ1v) is 6.38. The van der Waals surface area contributed by atoms with E-state index in [4.69, 9.17) is 11.6 Å². The van der Waals surface area contributed by atoms with Crippen molar-refractivity contribution in [1.29, 1.82) is 0 Å². The molecule has 1 atom stereocenters. The fourth-order valence-electron chi connectivity index (χ4n) is 1.70. The Balaban J connectivity index is 2.53.